The first kappa shape index (κ1) is 20.5. The van der Waals surface area contributed by atoms with Crippen molar-refractivity contribution in [2.24, 2.45) is 4.99 Å². The minimum absolute atomic E-state index is 0.0778. The Morgan fingerprint density at radius 3 is 2.76 bits per heavy atom. The van der Waals surface area contributed by atoms with Gasteiger partial charge < -0.3 is 25.4 Å². The number of nitrogens with zero attached hydrogens (tertiary/aromatic N) is 1. The molecule has 2 aromatic carbocycles. The lowest BCUT2D eigenvalue weighted by molar-refractivity contribution is 0.0963. The number of ether oxygens (including phenoxy) is 2. The maximum absolute atomic E-state index is 11.8. The van der Waals surface area contributed by atoms with Crippen LogP contribution in [-0.2, 0) is 6.42 Å². The van der Waals surface area contributed by atoms with E-state index in [-0.39, 0.29) is 12.0 Å². The Balaban J connectivity index is 1.52. The number of nitrogens with one attached hydrogen (secondary N) is 3. The van der Waals surface area contributed by atoms with Crippen molar-refractivity contribution >= 4 is 11.9 Å². The normalized spacial score (nSPS) is 15.5. The number of hydrogen-bond donors (Lipinski definition) is 3. The van der Waals surface area contributed by atoms with E-state index in [0.29, 0.717) is 25.3 Å². The summed E-state index contributed by atoms with van der Waals surface area (Å²) in [6.45, 7) is 4.47. The third-order valence-corrected chi connectivity index (χ3v) is 4.49. The molecule has 0 fully saturated rings. The van der Waals surface area contributed by atoms with E-state index in [1.807, 2.05) is 55.5 Å². The van der Waals surface area contributed by atoms with Crippen LogP contribution in [0.2, 0.25) is 0 Å². The van der Waals surface area contributed by atoms with E-state index in [2.05, 4.69) is 20.9 Å². The lowest BCUT2D eigenvalue weighted by Crippen LogP contribution is -2.40. The molecule has 154 valence electrons. The van der Waals surface area contributed by atoms with Gasteiger partial charge in [0.05, 0.1) is 6.54 Å². The van der Waals surface area contributed by atoms with Crippen LogP contribution in [-0.4, -0.2) is 51.3 Å². The van der Waals surface area contributed by atoms with Gasteiger partial charge in [0.1, 0.15) is 6.61 Å². The van der Waals surface area contributed by atoms with Crippen LogP contribution < -0.4 is 25.4 Å². The number of carbonyl (C=O) groups excluding carboxylic acids is 1. The van der Waals surface area contributed by atoms with Gasteiger partial charge in [-0.3, -0.25) is 4.79 Å². The fraction of sp³-hybridized carbons (Fsp3) is 0.364. The molecule has 0 radical (unpaired) electrons. The number of benzene rings is 2. The number of fused-ring (bicyclic) bond motifs is 1. The van der Waals surface area contributed by atoms with E-state index in [1.165, 1.54) is 0 Å². The highest BCUT2D eigenvalue weighted by atomic mass is 16.6. The molecule has 1 atom stereocenters. The van der Waals surface area contributed by atoms with Gasteiger partial charge >= 0.3 is 0 Å². The molecule has 0 saturated carbocycles. The van der Waals surface area contributed by atoms with Crippen LogP contribution in [0, 0.1) is 0 Å². The second kappa shape index (κ2) is 10.4. The van der Waals surface area contributed by atoms with Crippen LogP contribution in [0.1, 0.15) is 22.8 Å². The molecule has 0 bridgehead atoms. The molecule has 3 N–H and O–H groups in total. The van der Waals surface area contributed by atoms with Crippen LogP contribution in [0.15, 0.2) is 53.5 Å². The standard InChI is InChI=1S/C22H28N4O3/c1-3-24-22(25-12-11-16-7-6-8-17(13-16)21(27)23-2)26-14-18-15-28-19-9-4-5-10-20(19)29-18/h4-10,13,18H,3,11-12,14-15H2,1-2H3,(H,23,27)(H2,24,25,26). The number of rotatable bonds is 7. The van der Waals surface area contributed by atoms with E-state index < -0.39 is 0 Å². The summed E-state index contributed by atoms with van der Waals surface area (Å²) in [7, 11) is 1.63. The molecule has 1 heterocycles. The van der Waals surface area contributed by atoms with Gasteiger partial charge in [-0.05, 0) is 43.2 Å². The number of amides is 1. The van der Waals surface area contributed by atoms with Crippen molar-refractivity contribution in [1.29, 1.82) is 0 Å². The van der Waals surface area contributed by atoms with Crippen molar-refractivity contribution in [3.8, 4) is 11.5 Å². The van der Waals surface area contributed by atoms with Crippen molar-refractivity contribution < 1.29 is 14.3 Å². The van der Waals surface area contributed by atoms with Crippen molar-refractivity contribution in [3.05, 3.63) is 59.7 Å². The first-order chi connectivity index (χ1) is 14.2. The van der Waals surface area contributed by atoms with Gasteiger partial charge in [0, 0.05) is 25.7 Å². The summed E-state index contributed by atoms with van der Waals surface area (Å²) in [5.74, 6) is 2.19. The van der Waals surface area contributed by atoms with Gasteiger partial charge in [0.25, 0.3) is 5.91 Å². The number of hydrogen-bond acceptors (Lipinski definition) is 4. The molecule has 0 aliphatic carbocycles. The predicted octanol–water partition coefficient (Wildman–Crippen LogP) is 1.98. The van der Waals surface area contributed by atoms with Crippen molar-refractivity contribution in [2.75, 3.05) is 33.3 Å². The quantitative estimate of drug-likeness (QED) is 0.492. The van der Waals surface area contributed by atoms with E-state index >= 15 is 0 Å². The average Bonchev–Trinajstić information content (AvgIpc) is 2.77. The molecule has 7 nitrogen and oxygen atoms in total. The molecule has 3 rings (SSSR count). The zero-order chi connectivity index (χ0) is 20.5. The fourth-order valence-electron chi connectivity index (χ4n) is 3.03. The van der Waals surface area contributed by atoms with Crippen molar-refractivity contribution in [3.63, 3.8) is 0 Å². The average molecular weight is 396 g/mol. The van der Waals surface area contributed by atoms with Gasteiger partial charge in [-0.15, -0.1) is 0 Å². The lowest BCUT2D eigenvalue weighted by atomic mass is 10.1. The third-order valence-electron chi connectivity index (χ3n) is 4.49. The topological polar surface area (TPSA) is 84.0 Å². The molecule has 1 aliphatic rings. The van der Waals surface area contributed by atoms with Gasteiger partial charge in [-0.2, -0.15) is 0 Å². The number of aliphatic imine (C=N–C) groups is 1. The summed E-state index contributed by atoms with van der Waals surface area (Å²) in [6, 6.07) is 15.3. The van der Waals surface area contributed by atoms with Crippen LogP contribution in [0.5, 0.6) is 11.5 Å². The monoisotopic (exact) mass is 396 g/mol. The Morgan fingerprint density at radius 2 is 1.97 bits per heavy atom. The third kappa shape index (κ3) is 5.88. The highest BCUT2D eigenvalue weighted by Crippen LogP contribution is 2.30. The Bertz CT molecular complexity index is 853. The second-order valence-corrected chi connectivity index (χ2v) is 6.67. The van der Waals surface area contributed by atoms with Gasteiger partial charge in [0.15, 0.2) is 23.6 Å². The highest BCUT2D eigenvalue weighted by Gasteiger charge is 2.20. The van der Waals surface area contributed by atoms with Crippen LogP contribution in [0.4, 0.5) is 0 Å². The molecule has 0 aromatic heterocycles. The molecule has 0 spiro atoms. The largest absolute Gasteiger partial charge is 0.486 e. The van der Waals surface area contributed by atoms with E-state index in [9.17, 15) is 4.79 Å². The summed E-state index contributed by atoms with van der Waals surface area (Å²) >= 11 is 0. The molecule has 1 aliphatic heterocycles. The first-order valence-electron chi connectivity index (χ1n) is 9.91. The Morgan fingerprint density at radius 1 is 1.14 bits per heavy atom. The van der Waals surface area contributed by atoms with Gasteiger partial charge in [-0.1, -0.05) is 24.3 Å². The highest BCUT2D eigenvalue weighted by molar-refractivity contribution is 5.94. The second-order valence-electron chi connectivity index (χ2n) is 6.67. The SMILES string of the molecule is CCNC(=NCC1COc2ccccc2O1)NCCc1cccc(C(=O)NC)c1. The Kier molecular flexibility index (Phi) is 7.33. The van der Waals surface area contributed by atoms with Crippen LogP contribution in [0.25, 0.3) is 0 Å². The molecule has 1 unspecified atom stereocenters. The maximum atomic E-state index is 11.8. The van der Waals surface area contributed by atoms with Crippen LogP contribution >= 0.6 is 0 Å². The smallest absolute Gasteiger partial charge is 0.251 e. The fourth-order valence-corrected chi connectivity index (χ4v) is 3.03. The number of guanidine groups is 1. The molecule has 2 aromatic rings. The van der Waals surface area contributed by atoms with Gasteiger partial charge in [-0.25, -0.2) is 4.99 Å². The summed E-state index contributed by atoms with van der Waals surface area (Å²) < 4.78 is 11.7. The molecule has 0 saturated heterocycles. The number of para-hydroxylation sites is 2. The maximum Gasteiger partial charge on any atom is 0.251 e. The molecule has 1 amide bonds. The molecular formula is C22H28N4O3. The minimum Gasteiger partial charge on any atom is -0.486 e. The van der Waals surface area contributed by atoms with Crippen molar-refractivity contribution in [1.82, 2.24) is 16.0 Å². The van der Waals surface area contributed by atoms with Gasteiger partial charge in [0.2, 0.25) is 0 Å². The lowest BCUT2D eigenvalue weighted by Gasteiger charge is -2.25. The first-order valence-corrected chi connectivity index (χ1v) is 9.91. The summed E-state index contributed by atoms with van der Waals surface area (Å²) in [5, 5.41) is 9.23. The molecule has 29 heavy (non-hydrogen) atoms. The summed E-state index contributed by atoms with van der Waals surface area (Å²) in [6.07, 6.45) is 0.663. The summed E-state index contributed by atoms with van der Waals surface area (Å²) in [4.78, 5) is 16.4. The zero-order valence-electron chi connectivity index (χ0n) is 16.9. The van der Waals surface area contributed by atoms with E-state index in [1.54, 1.807) is 7.05 Å². The molecule has 7 heteroatoms. The minimum atomic E-state index is -0.121. The Labute approximate surface area is 171 Å². The zero-order valence-corrected chi connectivity index (χ0v) is 16.9. The summed E-state index contributed by atoms with van der Waals surface area (Å²) in [5.41, 5.74) is 1.76. The van der Waals surface area contributed by atoms with Crippen molar-refractivity contribution in [2.45, 2.75) is 19.4 Å². The Hall–Kier alpha value is -3.22. The van der Waals surface area contributed by atoms with Crippen LogP contribution in [0.3, 0.4) is 0 Å². The van der Waals surface area contributed by atoms with E-state index in [0.717, 1.165) is 36.0 Å². The molecular weight excluding hydrogens is 368 g/mol. The predicted molar refractivity (Wildman–Crippen MR) is 114 cm³/mol. The number of carbonyl (C=O) groups is 1. The van der Waals surface area contributed by atoms with E-state index in [4.69, 9.17) is 9.47 Å².